The van der Waals surface area contributed by atoms with Crippen LogP contribution in [0.1, 0.15) is 186 Å². The predicted octanol–water partition coefficient (Wildman–Crippen LogP) is 13.5. The van der Waals surface area contributed by atoms with Crippen LogP contribution in [0, 0.1) is 107 Å². The Morgan fingerprint density at radius 1 is 0.245 bits per heavy atom. The average Bonchev–Trinajstić information content (AvgIpc) is 3.67. The molecule has 1 heteroatoms. The largest absolute Gasteiger partial charge is 0.293 e. The summed E-state index contributed by atoms with van der Waals surface area (Å²) in [6, 6.07) is 2.69. The summed E-state index contributed by atoms with van der Waals surface area (Å²) in [5.41, 5.74) is 0. The second-order valence-corrected chi connectivity index (χ2v) is 23.3. The van der Waals surface area contributed by atoms with E-state index >= 15 is 0 Å². The van der Waals surface area contributed by atoms with Crippen LogP contribution in [0.5, 0.6) is 0 Å². The lowest BCUT2D eigenvalue weighted by Gasteiger charge is -2.58. The molecule has 1 heterocycles. The Morgan fingerprint density at radius 3 is 1.19 bits per heavy atom. The molecule has 1 nitrogen and oxygen atoms in total. The molecule has 0 N–H and O–H groups in total. The SMILES string of the molecule is C1=CC2CCCCC2N(C2CCC3C4C(CCCC42)C2C(C4CCCCC4)C4C5CCCC6CCCC(C65)C4C(C4CCCCC4)C32)C2CCCCC12. The quantitative estimate of drug-likeness (QED) is 0.263. The number of nitrogens with zero attached hydrogens (tertiary/aromatic N) is 1. The molecule has 294 valence electrons. The van der Waals surface area contributed by atoms with Gasteiger partial charge in [-0.15, -0.1) is 0 Å². The van der Waals surface area contributed by atoms with Gasteiger partial charge in [0.2, 0.25) is 0 Å². The zero-order chi connectivity index (χ0) is 34.6. The first-order chi connectivity index (χ1) is 26.3. The summed E-state index contributed by atoms with van der Waals surface area (Å²) in [6.45, 7) is 0. The molecule has 0 aromatic heterocycles. The Labute approximate surface area is 326 Å². The molecular weight excluding hydrogens is 639 g/mol. The highest BCUT2D eigenvalue weighted by molar-refractivity contribution is 5.20. The van der Waals surface area contributed by atoms with E-state index in [1.165, 1.54) is 51.4 Å². The summed E-state index contributed by atoms with van der Waals surface area (Å²) in [5.74, 6) is 19.8. The summed E-state index contributed by atoms with van der Waals surface area (Å²) < 4.78 is 0. The van der Waals surface area contributed by atoms with Crippen LogP contribution < -0.4 is 0 Å². The van der Waals surface area contributed by atoms with Gasteiger partial charge in [-0.05, 0) is 171 Å². The fourth-order valence-corrected chi connectivity index (χ4v) is 21.1. The van der Waals surface area contributed by atoms with E-state index in [-0.39, 0.29) is 0 Å². The molecule has 0 amide bonds. The second-order valence-electron chi connectivity index (χ2n) is 23.3. The third kappa shape index (κ3) is 5.41. The van der Waals surface area contributed by atoms with Gasteiger partial charge in [-0.2, -0.15) is 0 Å². The molecule has 19 atom stereocenters. The van der Waals surface area contributed by atoms with E-state index in [2.05, 4.69) is 17.1 Å². The smallest absolute Gasteiger partial charge is 0.0164 e. The molecule has 19 unspecified atom stereocenters. The van der Waals surface area contributed by atoms with Crippen LogP contribution in [0.15, 0.2) is 12.2 Å². The van der Waals surface area contributed by atoms with Gasteiger partial charge in [-0.1, -0.05) is 134 Å². The van der Waals surface area contributed by atoms with Crippen molar-refractivity contribution in [2.45, 2.75) is 204 Å². The van der Waals surface area contributed by atoms with Gasteiger partial charge in [0.1, 0.15) is 0 Å². The van der Waals surface area contributed by atoms with E-state index in [0.717, 1.165) is 125 Å². The van der Waals surface area contributed by atoms with Crippen LogP contribution in [0.2, 0.25) is 0 Å². The maximum Gasteiger partial charge on any atom is 0.0164 e. The van der Waals surface area contributed by atoms with Crippen molar-refractivity contribution in [3.05, 3.63) is 12.2 Å². The van der Waals surface area contributed by atoms with Gasteiger partial charge >= 0.3 is 0 Å². The van der Waals surface area contributed by atoms with Crippen molar-refractivity contribution < 1.29 is 0 Å². The first kappa shape index (κ1) is 34.7. The van der Waals surface area contributed by atoms with E-state index in [0.29, 0.717) is 0 Å². The molecule has 12 rings (SSSR count). The first-order valence-electron chi connectivity index (χ1n) is 25.8. The maximum absolute atomic E-state index is 3.46. The van der Waals surface area contributed by atoms with Crippen LogP contribution in [-0.2, 0) is 0 Å². The predicted molar refractivity (Wildman–Crippen MR) is 219 cm³/mol. The van der Waals surface area contributed by atoms with E-state index in [4.69, 9.17) is 0 Å². The zero-order valence-corrected chi connectivity index (χ0v) is 34.2. The highest BCUT2D eigenvalue weighted by atomic mass is 15.2. The lowest BCUT2D eigenvalue weighted by molar-refractivity contribution is -0.103. The van der Waals surface area contributed by atoms with Crippen molar-refractivity contribution in [3.63, 3.8) is 0 Å². The van der Waals surface area contributed by atoms with E-state index in [1.807, 2.05) is 0 Å². The normalized spacial score (nSPS) is 55.5. The van der Waals surface area contributed by atoms with Crippen LogP contribution in [0.4, 0.5) is 0 Å². The van der Waals surface area contributed by atoms with Crippen LogP contribution in [-0.4, -0.2) is 23.0 Å². The molecule has 11 fully saturated rings. The Bertz CT molecular complexity index is 1240. The molecule has 11 aliphatic carbocycles. The monoisotopic (exact) mass is 720 g/mol. The van der Waals surface area contributed by atoms with Gasteiger partial charge in [0.25, 0.3) is 0 Å². The van der Waals surface area contributed by atoms with E-state index < -0.39 is 0 Å². The first-order valence-corrected chi connectivity index (χ1v) is 25.8. The summed E-state index contributed by atoms with van der Waals surface area (Å²) in [5, 5.41) is 0. The van der Waals surface area contributed by atoms with Crippen molar-refractivity contribution in [1.82, 2.24) is 4.90 Å². The van der Waals surface area contributed by atoms with Gasteiger partial charge in [0.05, 0.1) is 0 Å². The molecule has 0 bridgehead atoms. The fourth-order valence-electron chi connectivity index (χ4n) is 21.1. The molecule has 12 aliphatic rings. The summed E-state index contributed by atoms with van der Waals surface area (Å²) >= 11 is 0. The minimum atomic E-state index is 0.867. The van der Waals surface area contributed by atoms with Crippen molar-refractivity contribution in [2.24, 2.45) is 107 Å². The van der Waals surface area contributed by atoms with Crippen molar-refractivity contribution in [3.8, 4) is 0 Å². The number of fused-ring (bicyclic) bond motifs is 8. The second kappa shape index (κ2) is 14.2. The Balaban J connectivity index is 0.965. The molecule has 11 saturated carbocycles. The standard InChI is InChI=1S/C52H81N/c1-3-16-35(17-4-1)46-49-38-23-11-20-34-21-12-24-39(45(34)38)50(49)47(36-18-5-2-6-19-36)52-41-30-31-44(37-22-13-25-40(48(37)41)51(46)52)53-42-26-9-7-14-32(42)28-29-33-15-8-10-27-43(33)53/h28-29,32-52H,1-27,30-31H2. The minimum absolute atomic E-state index is 0.867. The lowest BCUT2D eigenvalue weighted by Crippen LogP contribution is -2.60. The van der Waals surface area contributed by atoms with E-state index in [1.54, 1.807) is 135 Å². The summed E-state index contributed by atoms with van der Waals surface area (Å²) in [6.07, 6.45) is 51.6. The minimum Gasteiger partial charge on any atom is -0.293 e. The molecule has 0 aromatic rings. The lowest BCUT2D eigenvalue weighted by atomic mass is 9.47. The fraction of sp³-hybridized carbons (Fsp3) is 0.962. The van der Waals surface area contributed by atoms with Gasteiger partial charge in [0.15, 0.2) is 0 Å². The number of rotatable bonds is 3. The van der Waals surface area contributed by atoms with Crippen molar-refractivity contribution in [1.29, 1.82) is 0 Å². The Kier molecular flexibility index (Phi) is 9.31. The summed E-state index contributed by atoms with van der Waals surface area (Å²) in [4.78, 5) is 3.46. The third-order valence-corrected chi connectivity index (χ3v) is 22.0. The number of hydrogen-bond acceptors (Lipinski definition) is 1. The third-order valence-electron chi connectivity index (χ3n) is 22.0. The highest BCUT2D eigenvalue weighted by Gasteiger charge is 2.71. The van der Waals surface area contributed by atoms with Crippen molar-refractivity contribution in [2.75, 3.05) is 0 Å². The molecule has 0 aromatic carbocycles. The van der Waals surface area contributed by atoms with Crippen LogP contribution in [0.3, 0.4) is 0 Å². The van der Waals surface area contributed by atoms with Gasteiger partial charge in [-0.3, -0.25) is 4.90 Å². The van der Waals surface area contributed by atoms with Crippen LogP contribution >= 0.6 is 0 Å². The average molecular weight is 720 g/mol. The van der Waals surface area contributed by atoms with Crippen LogP contribution in [0.25, 0.3) is 0 Å². The van der Waals surface area contributed by atoms with Gasteiger partial charge < -0.3 is 0 Å². The molecular formula is C52H81N. The molecule has 0 spiro atoms. The highest BCUT2D eigenvalue weighted by Crippen LogP contribution is 2.76. The molecule has 0 saturated heterocycles. The van der Waals surface area contributed by atoms with Gasteiger partial charge in [-0.25, -0.2) is 0 Å². The molecule has 0 radical (unpaired) electrons. The van der Waals surface area contributed by atoms with Crippen molar-refractivity contribution >= 4 is 0 Å². The summed E-state index contributed by atoms with van der Waals surface area (Å²) in [7, 11) is 0. The zero-order valence-electron chi connectivity index (χ0n) is 34.2. The van der Waals surface area contributed by atoms with Gasteiger partial charge in [0, 0.05) is 18.1 Å². The number of hydrogen-bond donors (Lipinski definition) is 0. The van der Waals surface area contributed by atoms with E-state index in [9.17, 15) is 0 Å². The topological polar surface area (TPSA) is 3.24 Å². The maximum atomic E-state index is 3.46. The Hall–Kier alpha value is -0.300. The molecule has 53 heavy (non-hydrogen) atoms. The Morgan fingerprint density at radius 2 is 0.642 bits per heavy atom. The molecule has 1 aliphatic heterocycles.